The number of methoxy groups -OCH3 is 1. The third-order valence-electron chi connectivity index (χ3n) is 3.65. The molecule has 0 unspecified atom stereocenters. The number of ether oxygens (including phenoxy) is 2. The van der Waals surface area contributed by atoms with Gasteiger partial charge in [0.25, 0.3) is 0 Å². The first kappa shape index (κ1) is 18.5. The lowest BCUT2D eigenvalue weighted by atomic mass is 10.3. The van der Waals surface area contributed by atoms with Gasteiger partial charge < -0.3 is 19.6 Å². The van der Waals surface area contributed by atoms with Crippen LogP contribution in [0.5, 0.6) is 23.1 Å². The molecule has 3 aromatic rings. The Labute approximate surface area is 154 Å². The van der Waals surface area contributed by atoms with Crippen LogP contribution >= 0.6 is 0 Å². The largest absolute Gasteiger partial charge is 0.493 e. The molecule has 0 radical (unpaired) electrons. The Morgan fingerprint density at radius 1 is 1.04 bits per heavy atom. The van der Waals surface area contributed by atoms with Crippen molar-refractivity contribution in [3.63, 3.8) is 0 Å². The van der Waals surface area contributed by atoms with Gasteiger partial charge in [0, 0.05) is 0 Å². The summed E-state index contributed by atoms with van der Waals surface area (Å²) in [6.45, 7) is -0.271. The van der Waals surface area contributed by atoms with Crippen LogP contribution in [0.1, 0.15) is 5.69 Å². The molecule has 10 heteroatoms. The zero-order valence-electron chi connectivity index (χ0n) is 14.2. The van der Waals surface area contributed by atoms with E-state index in [0.29, 0.717) is 17.2 Å². The number of benzene rings is 2. The van der Waals surface area contributed by atoms with Crippen LogP contribution in [-0.2, 0) is 16.6 Å². The Morgan fingerprint density at radius 2 is 1.70 bits per heavy atom. The van der Waals surface area contributed by atoms with E-state index in [1.807, 2.05) is 6.07 Å². The van der Waals surface area contributed by atoms with Crippen LogP contribution in [0.15, 0.2) is 58.2 Å². The summed E-state index contributed by atoms with van der Waals surface area (Å²) in [6.07, 6.45) is 0. The minimum Gasteiger partial charge on any atom is -0.493 e. The van der Waals surface area contributed by atoms with Crippen molar-refractivity contribution in [3.05, 3.63) is 64.7 Å². The summed E-state index contributed by atoms with van der Waals surface area (Å²) in [5.74, 6) is 1.08. The molecular weight excluding hydrogens is 374 g/mol. The second-order valence-corrected chi connectivity index (χ2v) is 7.22. The van der Waals surface area contributed by atoms with Crippen molar-refractivity contribution < 1.29 is 23.0 Å². The number of imidazole rings is 1. The molecule has 9 nitrogen and oxygen atoms in total. The number of H-pyrrole nitrogens is 2. The quantitative estimate of drug-likeness (QED) is 0.484. The molecule has 1 heterocycles. The highest BCUT2D eigenvalue weighted by atomic mass is 32.2. The van der Waals surface area contributed by atoms with Crippen LogP contribution in [-0.4, -0.2) is 30.6 Å². The van der Waals surface area contributed by atoms with Crippen molar-refractivity contribution in [1.29, 1.82) is 0 Å². The highest BCUT2D eigenvalue weighted by molar-refractivity contribution is 7.89. The maximum Gasteiger partial charge on any atom is 0.326 e. The van der Waals surface area contributed by atoms with E-state index in [0.717, 1.165) is 0 Å². The summed E-state index contributed by atoms with van der Waals surface area (Å²) in [7, 11) is -2.32. The summed E-state index contributed by atoms with van der Waals surface area (Å²) in [5, 5.41) is 9.47. The lowest BCUT2D eigenvalue weighted by molar-refractivity contribution is 0.379. The van der Waals surface area contributed by atoms with E-state index in [2.05, 4.69) is 14.7 Å². The molecule has 0 aliphatic carbocycles. The monoisotopic (exact) mass is 391 g/mol. The van der Waals surface area contributed by atoms with Crippen molar-refractivity contribution in [1.82, 2.24) is 14.7 Å². The second-order valence-electron chi connectivity index (χ2n) is 5.46. The van der Waals surface area contributed by atoms with E-state index in [4.69, 9.17) is 9.47 Å². The molecule has 0 saturated carbocycles. The Kier molecular flexibility index (Phi) is 5.19. The molecule has 27 heavy (non-hydrogen) atoms. The lowest BCUT2D eigenvalue weighted by Crippen LogP contribution is -2.23. The number of sulfonamides is 1. The second kappa shape index (κ2) is 7.56. The summed E-state index contributed by atoms with van der Waals surface area (Å²) in [5.41, 5.74) is -0.584. The molecule has 0 amide bonds. The lowest BCUT2D eigenvalue weighted by Gasteiger charge is -2.11. The highest BCUT2D eigenvalue weighted by Crippen LogP contribution is 2.31. The van der Waals surface area contributed by atoms with Gasteiger partial charge in [0.15, 0.2) is 11.5 Å². The molecule has 0 spiro atoms. The number of nitrogens with one attached hydrogen (secondary N) is 3. The first-order valence-electron chi connectivity index (χ1n) is 7.80. The Morgan fingerprint density at radius 3 is 2.30 bits per heavy atom. The fourth-order valence-electron chi connectivity index (χ4n) is 2.31. The fraction of sp³-hybridized carbons (Fsp3) is 0.118. The summed E-state index contributed by atoms with van der Waals surface area (Å²) >= 11 is 0. The molecule has 3 rings (SSSR count). The average molecular weight is 391 g/mol. The standard InChI is InChI=1S/C17H17N3O6S/c1-25-14-4-2-3-5-15(14)26-11-6-8-12(9-7-11)27(23,24)18-10-13-16(21)20-17(22)19-13/h2-9,18,21H,10H2,1H3,(H2,19,20,22). The Balaban J connectivity index is 1.72. The van der Waals surface area contributed by atoms with Gasteiger partial charge in [-0.25, -0.2) is 17.9 Å². The van der Waals surface area contributed by atoms with Crippen LogP contribution < -0.4 is 19.9 Å². The minimum atomic E-state index is -3.85. The first-order valence-corrected chi connectivity index (χ1v) is 9.28. The van der Waals surface area contributed by atoms with E-state index in [-0.39, 0.29) is 17.1 Å². The van der Waals surface area contributed by atoms with E-state index >= 15 is 0 Å². The van der Waals surface area contributed by atoms with Gasteiger partial charge in [-0.2, -0.15) is 0 Å². The van der Waals surface area contributed by atoms with Gasteiger partial charge in [0.1, 0.15) is 5.75 Å². The maximum absolute atomic E-state index is 12.3. The summed E-state index contributed by atoms with van der Waals surface area (Å²) < 4.78 is 37.9. The van der Waals surface area contributed by atoms with Gasteiger partial charge in [0.2, 0.25) is 15.9 Å². The zero-order valence-corrected chi connectivity index (χ0v) is 15.0. The predicted molar refractivity (Wildman–Crippen MR) is 96.6 cm³/mol. The number of aromatic hydroxyl groups is 1. The van der Waals surface area contributed by atoms with Crippen molar-refractivity contribution in [3.8, 4) is 23.1 Å². The van der Waals surface area contributed by atoms with Crippen molar-refractivity contribution in [2.24, 2.45) is 0 Å². The summed E-state index contributed by atoms with van der Waals surface area (Å²) in [4.78, 5) is 15.5. The van der Waals surface area contributed by atoms with Crippen LogP contribution in [0, 0.1) is 0 Å². The molecule has 4 N–H and O–H groups in total. The van der Waals surface area contributed by atoms with Gasteiger partial charge in [-0.1, -0.05) is 12.1 Å². The predicted octanol–water partition coefficient (Wildman–Crippen LogP) is 1.69. The fourth-order valence-corrected chi connectivity index (χ4v) is 3.30. The number of hydrogen-bond acceptors (Lipinski definition) is 6. The SMILES string of the molecule is COc1ccccc1Oc1ccc(S(=O)(=O)NCc2[nH]c(=O)[nH]c2O)cc1. The van der Waals surface area contributed by atoms with E-state index < -0.39 is 21.6 Å². The number of rotatable bonds is 7. The van der Waals surface area contributed by atoms with Crippen LogP contribution in [0.3, 0.4) is 0 Å². The Hall–Kier alpha value is -3.24. The van der Waals surface area contributed by atoms with Crippen molar-refractivity contribution in [2.45, 2.75) is 11.4 Å². The van der Waals surface area contributed by atoms with Gasteiger partial charge in [-0.3, -0.25) is 4.98 Å². The topological polar surface area (TPSA) is 134 Å². The number of aromatic nitrogens is 2. The van der Waals surface area contributed by atoms with Crippen LogP contribution in [0.4, 0.5) is 0 Å². The van der Waals surface area contributed by atoms with Gasteiger partial charge in [0.05, 0.1) is 24.2 Å². The third-order valence-corrected chi connectivity index (χ3v) is 5.07. The zero-order chi connectivity index (χ0) is 19.4. The Bertz CT molecular complexity index is 1090. The number of hydrogen-bond donors (Lipinski definition) is 4. The van der Waals surface area contributed by atoms with E-state index in [1.165, 1.54) is 31.4 Å². The summed E-state index contributed by atoms with van der Waals surface area (Å²) in [6, 6.07) is 12.9. The van der Waals surface area contributed by atoms with Crippen LogP contribution in [0.2, 0.25) is 0 Å². The number of aromatic amines is 2. The molecule has 2 aromatic carbocycles. The molecule has 142 valence electrons. The first-order chi connectivity index (χ1) is 12.9. The van der Waals surface area contributed by atoms with Gasteiger partial charge >= 0.3 is 5.69 Å². The molecule has 0 aliphatic rings. The number of para-hydroxylation sites is 2. The molecule has 0 saturated heterocycles. The molecule has 0 bridgehead atoms. The minimum absolute atomic E-state index is 0.00671. The van der Waals surface area contributed by atoms with Crippen molar-refractivity contribution in [2.75, 3.05) is 7.11 Å². The van der Waals surface area contributed by atoms with Crippen molar-refractivity contribution >= 4 is 10.0 Å². The smallest absolute Gasteiger partial charge is 0.326 e. The normalized spacial score (nSPS) is 11.3. The average Bonchev–Trinajstić information content (AvgIpc) is 2.98. The molecule has 1 aromatic heterocycles. The van der Waals surface area contributed by atoms with Crippen LogP contribution in [0.25, 0.3) is 0 Å². The van der Waals surface area contributed by atoms with Gasteiger partial charge in [-0.15, -0.1) is 0 Å². The maximum atomic E-state index is 12.3. The van der Waals surface area contributed by atoms with E-state index in [1.54, 1.807) is 18.2 Å². The third kappa shape index (κ3) is 4.30. The van der Waals surface area contributed by atoms with E-state index in [9.17, 15) is 18.3 Å². The molecule has 0 fully saturated rings. The molecule has 0 atom stereocenters. The van der Waals surface area contributed by atoms with Gasteiger partial charge in [-0.05, 0) is 36.4 Å². The highest BCUT2D eigenvalue weighted by Gasteiger charge is 2.16. The molecular formula is C17H17N3O6S. The molecule has 0 aliphatic heterocycles.